The van der Waals surface area contributed by atoms with E-state index in [0.717, 1.165) is 5.56 Å². The van der Waals surface area contributed by atoms with Gasteiger partial charge in [0, 0.05) is 19.1 Å². The molecule has 0 aliphatic carbocycles. The smallest absolute Gasteiger partial charge is 0.317 e. The van der Waals surface area contributed by atoms with E-state index in [1.807, 2.05) is 19.2 Å². The molecule has 20 heavy (non-hydrogen) atoms. The molecule has 0 spiro atoms. The number of carbonyl (C=O) groups is 2. The van der Waals surface area contributed by atoms with Crippen LogP contribution in [0.15, 0.2) is 10.8 Å². The maximum atomic E-state index is 12.2. The van der Waals surface area contributed by atoms with Crippen LogP contribution in [-0.2, 0) is 11.3 Å². The van der Waals surface area contributed by atoms with E-state index in [9.17, 15) is 9.59 Å². The maximum Gasteiger partial charge on any atom is 0.317 e. The van der Waals surface area contributed by atoms with Gasteiger partial charge in [0.2, 0.25) is 0 Å². The summed E-state index contributed by atoms with van der Waals surface area (Å²) in [6.07, 6.45) is 1.06. The Morgan fingerprint density at radius 3 is 2.80 bits per heavy atom. The predicted octanol–water partition coefficient (Wildman–Crippen LogP) is 2.45. The summed E-state index contributed by atoms with van der Waals surface area (Å²) in [6, 6.07) is -0.139. The summed E-state index contributed by atoms with van der Waals surface area (Å²) < 4.78 is 0. The standard InChI is InChI=1S/C14H20N2O3S/c1-9-7-20-8-12(9)6-15-14(19)16-4-3-11(13(17)18)5-10(16)2/h7-8,10-11H,3-6H2,1-2H3,(H,15,19)(H,17,18). The molecule has 110 valence electrons. The molecular weight excluding hydrogens is 276 g/mol. The minimum absolute atomic E-state index is 0.0339. The number of aryl methyl sites for hydroxylation is 1. The van der Waals surface area contributed by atoms with Crippen molar-refractivity contribution in [3.05, 3.63) is 21.9 Å². The quantitative estimate of drug-likeness (QED) is 0.900. The molecule has 2 amide bonds. The van der Waals surface area contributed by atoms with Gasteiger partial charge in [0.05, 0.1) is 5.92 Å². The third-order valence-electron chi connectivity index (χ3n) is 3.88. The topological polar surface area (TPSA) is 69.6 Å². The Labute approximate surface area is 122 Å². The molecule has 2 rings (SSSR count). The summed E-state index contributed by atoms with van der Waals surface area (Å²) in [6.45, 7) is 4.97. The fourth-order valence-electron chi connectivity index (χ4n) is 2.54. The predicted molar refractivity (Wildman–Crippen MR) is 77.8 cm³/mol. The molecule has 2 unspecified atom stereocenters. The fraction of sp³-hybridized carbons (Fsp3) is 0.571. The Bertz CT molecular complexity index is 500. The van der Waals surface area contributed by atoms with Gasteiger partial charge in [-0.05, 0) is 48.6 Å². The fourth-order valence-corrected chi connectivity index (χ4v) is 3.40. The van der Waals surface area contributed by atoms with E-state index in [0.29, 0.717) is 25.9 Å². The average molecular weight is 296 g/mol. The Kier molecular flexibility index (Phi) is 4.65. The van der Waals surface area contributed by atoms with Gasteiger partial charge in [-0.25, -0.2) is 4.79 Å². The second kappa shape index (κ2) is 6.26. The Morgan fingerprint density at radius 1 is 1.50 bits per heavy atom. The molecule has 5 nitrogen and oxygen atoms in total. The monoisotopic (exact) mass is 296 g/mol. The molecule has 1 saturated heterocycles. The maximum absolute atomic E-state index is 12.2. The van der Waals surface area contributed by atoms with Crippen molar-refractivity contribution in [1.29, 1.82) is 0 Å². The highest BCUT2D eigenvalue weighted by Gasteiger charge is 2.32. The first-order valence-corrected chi connectivity index (χ1v) is 7.72. The molecule has 1 aromatic rings. The number of carboxylic acid groups (broad SMARTS) is 1. The van der Waals surface area contributed by atoms with Crippen molar-refractivity contribution < 1.29 is 14.7 Å². The van der Waals surface area contributed by atoms with Gasteiger partial charge >= 0.3 is 12.0 Å². The first-order valence-electron chi connectivity index (χ1n) is 6.78. The van der Waals surface area contributed by atoms with Gasteiger partial charge in [0.1, 0.15) is 0 Å². The van der Waals surface area contributed by atoms with E-state index in [1.165, 1.54) is 5.56 Å². The zero-order valence-electron chi connectivity index (χ0n) is 11.8. The van der Waals surface area contributed by atoms with Crippen LogP contribution in [0.2, 0.25) is 0 Å². The molecule has 0 bridgehead atoms. The highest BCUT2D eigenvalue weighted by molar-refractivity contribution is 7.08. The normalized spacial score (nSPS) is 22.6. The van der Waals surface area contributed by atoms with Gasteiger partial charge in [-0.1, -0.05) is 0 Å². The van der Waals surface area contributed by atoms with Crippen LogP contribution in [0, 0.1) is 12.8 Å². The lowest BCUT2D eigenvalue weighted by atomic mass is 9.92. The molecule has 0 aromatic carbocycles. The molecule has 1 fully saturated rings. The number of amides is 2. The van der Waals surface area contributed by atoms with E-state index in [-0.39, 0.29) is 18.0 Å². The summed E-state index contributed by atoms with van der Waals surface area (Å²) in [5.74, 6) is -1.08. The first-order chi connectivity index (χ1) is 9.49. The summed E-state index contributed by atoms with van der Waals surface area (Å²) >= 11 is 1.63. The number of nitrogens with zero attached hydrogens (tertiary/aromatic N) is 1. The zero-order chi connectivity index (χ0) is 14.7. The van der Waals surface area contributed by atoms with Crippen molar-refractivity contribution in [2.24, 2.45) is 5.92 Å². The lowest BCUT2D eigenvalue weighted by molar-refractivity contribution is -0.143. The zero-order valence-corrected chi connectivity index (χ0v) is 12.6. The van der Waals surface area contributed by atoms with Gasteiger partial charge < -0.3 is 15.3 Å². The van der Waals surface area contributed by atoms with Crippen LogP contribution in [0.25, 0.3) is 0 Å². The van der Waals surface area contributed by atoms with Crippen molar-refractivity contribution in [2.75, 3.05) is 6.54 Å². The van der Waals surface area contributed by atoms with Crippen molar-refractivity contribution >= 4 is 23.3 Å². The van der Waals surface area contributed by atoms with Crippen molar-refractivity contribution in [3.8, 4) is 0 Å². The lowest BCUT2D eigenvalue weighted by Crippen LogP contribution is -2.50. The molecule has 1 aliphatic heterocycles. The highest BCUT2D eigenvalue weighted by atomic mass is 32.1. The number of nitrogens with one attached hydrogen (secondary N) is 1. The number of carboxylic acids is 1. The second-order valence-electron chi connectivity index (χ2n) is 5.34. The largest absolute Gasteiger partial charge is 0.481 e. The summed E-state index contributed by atoms with van der Waals surface area (Å²) in [4.78, 5) is 24.9. The number of hydrogen-bond donors (Lipinski definition) is 2. The van der Waals surface area contributed by atoms with Crippen LogP contribution in [0.5, 0.6) is 0 Å². The minimum atomic E-state index is -0.759. The Morgan fingerprint density at radius 2 is 2.25 bits per heavy atom. The molecule has 6 heteroatoms. The number of thiophene rings is 1. The Balaban J connectivity index is 1.87. The van der Waals surface area contributed by atoms with Gasteiger partial charge in [0.25, 0.3) is 0 Å². The van der Waals surface area contributed by atoms with Crippen LogP contribution >= 0.6 is 11.3 Å². The van der Waals surface area contributed by atoms with E-state index in [1.54, 1.807) is 16.2 Å². The molecule has 2 N–H and O–H groups in total. The minimum Gasteiger partial charge on any atom is -0.481 e. The van der Waals surface area contributed by atoms with Gasteiger partial charge in [0.15, 0.2) is 0 Å². The number of rotatable bonds is 3. The summed E-state index contributed by atoms with van der Waals surface area (Å²) in [5, 5.41) is 16.0. The third-order valence-corrected chi connectivity index (χ3v) is 4.79. The van der Waals surface area contributed by atoms with Gasteiger partial charge in [-0.15, -0.1) is 0 Å². The summed E-state index contributed by atoms with van der Waals surface area (Å²) in [5.41, 5.74) is 2.32. The molecule has 2 atom stereocenters. The van der Waals surface area contributed by atoms with Crippen LogP contribution in [-0.4, -0.2) is 34.6 Å². The number of aliphatic carboxylic acids is 1. The number of carbonyl (C=O) groups excluding carboxylic acids is 1. The van der Waals surface area contributed by atoms with E-state index < -0.39 is 5.97 Å². The highest BCUT2D eigenvalue weighted by Crippen LogP contribution is 2.23. The van der Waals surface area contributed by atoms with Crippen LogP contribution in [0.3, 0.4) is 0 Å². The van der Waals surface area contributed by atoms with Crippen molar-refractivity contribution in [1.82, 2.24) is 10.2 Å². The average Bonchev–Trinajstić information content (AvgIpc) is 2.81. The molecular formula is C14H20N2O3S. The van der Waals surface area contributed by atoms with E-state index in [2.05, 4.69) is 10.7 Å². The molecule has 1 aliphatic rings. The number of piperidine rings is 1. The number of hydrogen-bond acceptors (Lipinski definition) is 3. The molecule has 0 radical (unpaired) electrons. The first kappa shape index (κ1) is 14.8. The number of urea groups is 1. The van der Waals surface area contributed by atoms with Crippen molar-refractivity contribution in [2.45, 2.75) is 39.3 Å². The van der Waals surface area contributed by atoms with Crippen LogP contribution in [0.4, 0.5) is 4.79 Å². The van der Waals surface area contributed by atoms with Crippen LogP contribution < -0.4 is 5.32 Å². The summed E-state index contributed by atoms with van der Waals surface area (Å²) in [7, 11) is 0. The van der Waals surface area contributed by atoms with E-state index in [4.69, 9.17) is 5.11 Å². The third kappa shape index (κ3) is 3.30. The van der Waals surface area contributed by atoms with Crippen LogP contribution in [0.1, 0.15) is 30.9 Å². The van der Waals surface area contributed by atoms with Gasteiger partial charge in [-0.2, -0.15) is 11.3 Å². The SMILES string of the molecule is Cc1cscc1CNC(=O)N1CCC(C(=O)O)CC1C. The number of likely N-dealkylation sites (tertiary alicyclic amines) is 1. The van der Waals surface area contributed by atoms with Crippen molar-refractivity contribution in [3.63, 3.8) is 0 Å². The van der Waals surface area contributed by atoms with E-state index >= 15 is 0 Å². The second-order valence-corrected chi connectivity index (χ2v) is 6.08. The molecule has 2 heterocycles. The lowest BCUT2D eigenvalue weighted by Gasteiger charge is -2.36. The Hall–Kier alpha value is -1.56. The molecule has 1 aromatic heterocycles. The van der Waals surface area contributed by atoms with Gasteiger partial charge in [-0.3, -0.25) is 4.79 Å². The molecule has 0 saturated carbocycles.